The lowest BCUT2D eigenvalue weighted by atomic mass is 9.81. The quantitative estimate of drug-likeness (QED) is 0.587. The third-order valence-electron chi connectivity index (χ3n) is 3.83. The summed E-state index contributed by atoms with van der Waals surface area (Å²) >= 11 is 0. The minimum absolute atomic E-state index is 0.0823. The first kappa shape index (κ1) is 11.6. The van der Waals surface area contributed by atoms with Gasteiger partial charge in [-0.2, -0.15) is 0 Å². The van der Waals surface area contributed by atoms with Crippen LogP contribution in [0.1, 0.15) is 27.2 Å². The van der Waals surface area contributed by atoms with Crippen LogP contribution >= 0.6 is 0 Å². The van der Waals surface area contributed by atoms with Crippen LogP contribution in [0.2, 0.25) is 0 Å². The molecule has 5 atom stereocenters. The monoisotopic (exact) mass is 224 g/mol. The van der Waals surface area contributed by atoms with Gasteiger partial charge >= 0.3 is 5.97 Å². The highest BCUT2D eigenvalue weighted by molar-refractivity contribution is 5.66. The number of carbonyl (C=O) groups is 1. The number of hydrogen-bond donors (Lipinski definition) is 1. The first-order valence-electron chi connectivity index (χ1n) is 6.04. The number of fused-ring (bicyclic) bond motifs is 2. The third kappa shape index (κ3) is 1.88. The molecule has 0 saturated heterocycles. The lowest BCUT2D eigenvalue weighted by molar-refractivity contribution is -0.153. The maximum atomic E-state index is 11.1. The normalized spacial score (nSPS) is 38.1. The van der Waals surface area contributed by atoms with Gasteiger partial charge in [0.2, 0.25) is 0 Å². The van der Waals surface area contributed by atoms with Crippen molar-refractivity contribution >= 4 is 5.97 Å². The SMILES string of the molecule is CC(=O)OC1C2C=CC(C2)C1C(O)C(C)C. The number of allylic oxidation sites excluding steroid dienone is 1. The molecule has 2 bridgehead atoms. The summed E-state index contributed by atoms with van der Waals surface area (Å²) in [6.07, 6.45) is 4.81. The highest BCUT2D eigenvalue weighted by Crippen LogP contribution is 2.47. The van der Waals surface area contributed by atoms with E-state index < -0.39 is 0 Å². The maximum absolute atomic E-state index is 11.1. The Hall–Kier alpha value is -0.830. The second-order valence-corrected chi connectivity index (χ2v) is 5.33. The van der Waals surface area contributed by atoms with Crippen LogP contribution in [0.5, 0.6) is 0 Å². The van der Waals surface area contributed by atoms with Crippen molar-refractivity contribution in [3.8, 4) is 0 Å². The highest BCUT2D eigenvalue weighted by Gasteiger charge is 2.50. The molecule has 0 heterocycles. The van der Waals surface area contributed by atoms with Gasteiger partial charge < -0.3 is 9.84 Å². The van der Waals surface area contributed by atoms with Crippen LogP contribution in [-0.4, -0.2) is 23.3 Å². The summed E-state index contributed by atoms with van der Waals surface area (Å²) in [6, 6.07) is 0. The Morgan fingerprint density at radius 3 is 2.56 bits per heavy atom. The van der Waals surface area contributed by atoms with Gasteiger partial charge in [0.1, 0.15) is 6.10 Å². The van der Waals surface area contributed by atoms with E-state index in [-0.39, 0.29) is 30.0 Å². The zero-order valence-corrected chi connectivity index (χ0v) is 10.1. The van der Waals surface area contributed by atoms with Crippen molar-refractivity contribution in [2.75, 3.05) is 0 Å². The second kappa shape index (κ2) is 4.21. The number of rotatable bonds is 3. The van der Waals surface area contributed by atoms with Crippen molar-refractivity contribution in [2.24, 2.45) is 23.7 Å². The van der Waals surface area contributed by atoms with Crippen molar-refractivity contribution in [3.05, 3.63) is 12.2 Å². The average molecular weight is 224 g/mol. The summed E-state index contributed by atoms with van der Waals surface area (Å²) in [4.78, 5) is 11.1. The largest absolute Gasteiger partial charge is 0.462 e. The molecular formula is C13H20O3. The number of ether oxygens (including phenoxy) is 1. The van der Waals surface area contributed by atoms with Crippen LogP contribution in [0.3, 0.4) is 0 Å². The molecule has 90 valence electrons. The summed E-state index contributed by atoms with van der Waals surface area (Å²) in [7, 11) is 0. The molecule has 3 nitrogen and oxygen atoms in total. The van der Waals surface area contributed by atoms with E-state index in [0.717, 1.165) is 6.42 Å². The Kier molecular flexibility index (Phi) is 3.06. The highest BCUT2D eigenvalue weighted by atomic mass is 16.5. The maximum Gasteiger partial charge on any atom is 0.302 e. The summed E-state index contributed by atoms with van der Waals surface area (Å²) in [5.74, 6) is 0.737. The fourth-order valence-electron chi connectivity index (χ4n) is 3.06. The zero-order chi connectivity index (χ0) is 11.9. The van der Waals surface area contributed by atoms with Crippen LogP contribution in [0, 0.1) is 23.7 Å². The molecule has 1 fully saturated rings. The number of esters is 1. The van der Waals surface area contributed by atoms with Crippen LogP contribution < -0.4 is 0 Å². The van der Waals surface area contributed by atoms with E-state index in [0.29, 0.717) is 11.8 Å². The predicted octanol–water partition coefficient (Wildman–Crippen LogP) is 1.76. The van der Waals surface area contributed by atoms with E-state index in [2.05, 4.69) is 12.2 Å². The molecular weight excluding hydrogens is 204 g/mol. The average Bonchev–Trinajstić information content (AvgIpc) is 2.75. The van der Waals surface area contributed by atoms with Crippen LogP contribution in [0.15, 0.2) is 12.2 Å². The molecule has 0 aromatic carbocycles. The van der Waals surface area contributed by atoms with Gasteiger partial charge in [0.05, 0.1) is 6.10 Å². The van der Waals surface area contributed by atoms with E-state index in [1.165, 1.54) is 6.92 Å². The van der Waals surface area contributed by atoms with Gasteiger partial charge in [0, 0.05) is 18.8 Å². The molecule has 0 amide bonds. The van der Waals surface area contributed by atoms with Gasteiger partial charge in [0.15, 0.2) is 0 Å². The Balaban J connectivity index is 2.15. The smallest absolute Gasteiger partial charge is 0.302 e. The molecule has 2 rings (SSSR count). The van der Waals surface area contributed by atoms with Crippen LogP contribution in [0.4, 0.5) is 0 Å². The Labute approximate surface area is 96.5 Å². The van der Waals surface area contributed by atoms with Crippen molar-refractivity contribution < 1.29 is 14.6 Å². The molecule has 0 radical (unpaired) electrons. The molecule has 1 N–H and O–H groups in total. The molecule has 0 aromatic heterocycles. The molecule has 0 aliphatic heterocycles. The minimum Gasteiger partial charge on any atom is -0.462 e. The van der Waals surface area contributed by atoms with Gasteiger partial charge in [0.25, 0.3) is 0 Å². The molecule has 3 heteroatoms. The van der Waals surface area contributed by atoms with Crippen molar-refractivity contribution in [3.63, 3.8) is 0 Å². The van der Waals surface area contributed by atoms with E-state index >= 15 is 0 Å². The third-order valence-corrected chi connectivity index (χ3v) is 3.83. The van der Waals surface area contributed by atoms with Gasteiger partial charge in [-0.3, -0.25) is 4.79 Å². The summed E-state index contributed by atoms with van der Waals surface area (Å²) in [5, 5.41) is 10.2. The van der Waals surface area contributed by atoms with E-state index in [1.807, 2.05) is 13.8 Å². The minimum atomic E-state index is -0.385. The van der Waals surface area contributed by atoms with E-state index in [4.69, 9.17) is 4.74 Å². The Morgan fingerprint density at radius 2 is 2.00 bits per heavy atom. The zero-order valence-electron chi connectivity index (χ0n) is 10.1. The molecule has 5 unspecified atom stereocenters. The summed E-state index contributed by atoms with van der Waals surface area (Å²) < 4.78 is 5.38. The summed E-state index contributed by atoms with van der Waals surface area (Å²) in [6.45, 7) is 5.45. The lowest BCUT2D eigenvalue weighted by Crippen LogP contribution is -2.40. The van der Waals surface area contributed by atoms with Crippen LogP contribution in [-0.2, 0) is 9.53 Å². The number of aliphatic hydroxyl groups is 1. The standard InChI is InChI=1S/C13H20O3/c1-7(2)12(15)11-9-4-5-10(6-9)13(11)16-8(3)14/h4-5,7,9-13,15H,6H2,1-3H3. The first-order valence-corrected chi connectivity index (χ1v) is 6.04. The van der Waals surface area contributed by atoms with Crippen molar-refractivity contribution in [1.29, 1.82) is 0 Å². The van der Waals surface area contributed by atoms with E-state index in [9.17, 15) is 9.90 Å². The molecule has 16 heavy (non-hydrogen) atoms. The molecule has 2 aliphatic carbocycles. The lowest BCUT2D eigenvalue weighted by Gasteiger charge is -2.33. The van der Waals surface area contributed by atoms with Gasteiger partial charge in [-0.1, -0.05) is 26.0 Å². The number of aliphatic hydroxyl groups excluding tert-OH is 1. The van der Waals surface area contributed by atoms with E-state index in [1.54, 1.807) is 0 Å². The van der Waals surface area contributed by atoms with Gasteiger partial charge in [-0.25, -0.2) is 0 Å². The Morgan fingerprint density at radius 1 is 1.38 bits per heavy atom. The fourth-order valence-corrected chi connectivity index (χ4v) is 3.06. The van der Waals surface area contributed by atoms with Crippen molar-refractivity contribution in [1.82, 2.24) is 0 Å². The second-order valence-electron chi connectivity index (χ2n) is 5.33. The molecule has 0 aromatic rings. The van der Waals surface area contributed by atoms with Gasteiger partial charge in [-0.15, -0.1) is 0 Å². The topological polar surface area (TPSA) is 46.5 Å². The number of hydrogen-bond acceptors (Lipinski definition) is 3. The predicted molar refractivity (Wildman–Crippen MR) is 60.6 cm³/mol. The summed E-state index contributed by atoms with van der Waals surface area (Å²) in [5.41, 5.74) is 0. The first-order chi connectivity index (χ1) is 7.50. The fraction of sp³-hybridized carbons (Fsp3) is 0.769. The Bertz CT molecular complexity index is 308. The van der Waals surface area contributed by atoms with Crippen molar-refractivity contribution in [2.45, 2.75) is 39.4 Å². The molecule has 0 spiro atoms. The number of carbonyl (C=O) groups excluding carboxylic acids is 1. The van der Waals surface area contributed by atoms with Crippen LogP contribution in [0.25, 0.3) is 0 Å². The molecule has 1 saturated carbocycles. The van der Waals surface area contributed by atoms with Gasteiger partial charge in [-0.05, 0) is 18.3 Å². The molecule has 2 aliphatic rings.